The average Bonchev–Trinajstić information content (AvgIpc) is 3.17. The van der Waals surface area contributed by atoms with Crippen molar-refractivity contribution in [1.82, 2.24) is 19.6 Å². The third kappa shape index (κ3) is 2.72. The molecule has 2 fully saturated rings. The first-order valence-electron chi connectivity index (χ1n) is 7.77. The predicted octanol–water partition coefficient (Wildman–Crippen LogP) is 0.281. The Morgan fingerprint density at radius 2 is 2.27 bits per heavy atom. The predicted molar refractivity (Wildman–Crippen MR) is 78.9 cm³/mol. The first kappa shape index (κ1) is 15.0. The summed E-state index contributed by atoms with van der Waals surface area (Å²) in [5.41, 5.74) is 0.943. The van der Waals surface area contributed by atoms with Crippen LogP contribution in [-0.4, -0.2) is 64.7 Å². The molecule has 7 heteroatoms. The van der Waals surface area contributed by atoms with Gasteiger partial charge in [0.15, 0.2) is 0 Å². The van der Waals surface area contributed by atoms with E-state index in [4.69, 9.17) is 4.74 Å². The smallest absolute Gasteiger partial charge is 0.241 e. The first-order valence-corrected chi connectivity index (χ1v) is 7.77. The molecule has 0 aliphatic carbocycles. The zero-order valence-electron chi connectivity index (χ0n) is 13.1. The maximum absolute atomic E-state index is 12.8. The first-order chi connectivity index (χ1) is 10.6. The lowest BCUT2D eigenvalue weighted by atomic mass is 9.95. The number of nitrogens with zero attached hydrogens (tertiary/aromatic N) is 4. The van der Waals surface area contributed by atoms with Crippen LogP contribution in [0.2, 0.25) is 0 Å². The van der Waals surface area contributed by atoms with Crippen LogP contribution in [0.1, 0.15) is 25.0 Å². The summed E-state index contributed by atoms with van der Waals surface area (Å²) in [4.78, 5) is 27.9. The molecule has 0 saturated carbocycles. The Balaban J connectivity index is 1.72. The minimum Gasteiger partial charge on any atom is -0.373 e. The van der Waals surface area contributed by atoms with E-state index in [1.165, 1.54) is 0 Å². The van der Waals surface area contributed by atoms with E-state index in [-0.39, 0.29) is 30.4 Å². The standard InChI is InChI=1S/C15H22N4O3/c1-3-19-9-11(8-16-19)14-12(4-7-22-14)15(21)18-6-5-17(2)13(20)10-18/h8-9,12,14H,3-7,10H2,1-2H3/t12-,14+/m0/s1. The fraction of sp³-hybridized carbons (Fsp3) is 0.667. The highest BCUT2D eigenvalue weighted by molar-refractivity contribution is 5.87. The molecule has 2 aliphatic heterocycles. The molecule has 2 saturated heterocycles. The molecule has 0 radical (unpaired) electrons. The lowest BCUT2D eigenvalue weighted by Gasteiger charge is -2.34. The molecule has 0 bridgehead atoms. The lowest BCUT2D eigenvalue weighted by Crippen LogP contribution is -2.52. The molecule has 7 nitrogen and oxygen atoms in total. The van der Waals surface area contributed by atoms with Crippen LogP contribution in [0.5, 0.6) is 0 Å². The van der Waals surface area contributed by atoms with Gasteiger partial charge in [-0.1, -0.05) is 0 Å². The maximum Gasteiger partial charge on any atom is 0.241 e. The van der Waals surface area contributed by atoms with Crippen LogP contribution in [-0.2, 0) is 20.9 Å². The SMILES string of the molecule is CCn1cc([C@H]2OCC[C@@H]2C(=O)N2CCN(C)C(=O)C2)cn1. The number of carbonyl (C=O) groups is 2. The zero-order valence-corrected chi connectivity index (χ0v) is 13.1. The fourth-order valence-corrected chi connectivity index (χ4v) is 3.05. The van der Waals surface area contributed by atoms with Gasteiger partial charge in [0, 0.05) is 45.0 Å². The highest BCUT2D eigenvalue weighted by Gasteiger charge is 2.39. The summed E-state index contributed by atoms with van der Waals surface area (Å²) < 4.78 is 7.60. The average molecular weight is 306 g/mol. The van der Waals surface area contributed by atoms with Gasteiger partial charge in [-0.25, -0.2) is 0 Å². The van der Waals surface area contributed by atoms with Crippen molar-refractivity contribution in [3.05, 3.63) is 18.0 Å². The van der Waals surface area contributed by atoms with E-state index < -0.39 is 0 Å². The van der Waals surface area contributed by atoms with Gasteiger partial charge >= 0.3 is 0 Å². The number of hydrogen-bond donors (Lipinski definition) is 0. The van der Waals surface area contributed by atoms with Crippen LogP contribution in [0.15, 0.2) is 12.4 Å². The van der Waals surface area contributed by atoms with Gasteiger partial charge in [0.25, 0.3) is 0 Å². The summed E-state index contributed by atoms with van der Waals surface area (Å²) >= 11 is 0. The van der Waals surface area contributed by atoms with Crippen molar-refractivity contribution in [2.24, 2.45) is 5.92 Å². The molecular formula is C15H22N4O3. The summed E-state index contributed by atoms with van der Waals surface area (Å²) in [5, 5.41) is 4.26. The van der Waals surface area contributed by atoms with Gasteiger partial charge in [-0.2, -0.15) is 5.10 Å². The molecule has 2 aliphatic rings. The second kappa shape index (κ2) is 6.08. The van der Waals surface area contributed by atoms with Gasteiger partial charge in [0.2, 0.25) is 11.8 Å². The fourth-order valence-electron chi connectivity index (χ4n) is 3.05. The number of hydrogen-bond acceptors (Lipinski definition) is 4. The second-order valence-corrected chi connectivity index (χ2v) is 5.89. The number of aromatic nitrogens is 2. The molecule has 0 spiro atoms. The normalized spacial score (nSPS) is 25.8. The number of likely N-dealkylation sites (N-methyl/N-ethyl adjacent to an activating group) is 1. The van der Waals surface area contributed by atoms with Crippen LogP contribution >= 0.6 is 0 Å². The van der Waals surface area contributed by atoms with E-state index in [0.717, 1.165) is 12.1 Å². The lowest BCUT2D eigenvalue weighted by molar-refractivity contribution is -0.147. The van der Waals surface area contributed by atoms with Crippen molar-refractivity contribution in [3.8, 4) is 0 Å². The molecule has 120 valence electrons. The van der Waals surface area contributed by atoms with Crippen LogP contribution in [0.3, 0.4) is 0 Å². The number of ether oxygens (including phenoxy) is 1. The van der Waals surface area contributed by atoms with Gasteiger partial charge < -0.3 is 14.5 Å². The Bertz CT molecular complexity index is 571. The van der Waals surface area contributed by atoms with Crippen molar-refractivity contribution < 1.29 is 14.3 Å². The Labute approximate surface area is 129 Å². The minimum absolute atomic E-state index is 0.00568. The van der Waals surface area contributed by atoms with E-state index >= 15 is 0 Å². The van der Waals surface area contributed by atoms with E-state index in [1.54, 1.807) is 23.0 Å². The Hall–Kier alpha value is -1.89. The number of amides is 2. The summed E-state index contributed by atoms with van der Waals surface area (Å²) in [6.45, 7) is 4.74. The van der Waals surface area contributed by atoms with Crippen molar-refractivity contribution in [3.63, 3.8) is 0 Å². The molecule has 2 atom stereocenters. The molecule has 1 aromatic rings. The highest BCUT2D eigenvalue weighted by atomic mass is 16.5. The molecule has 1 aromatic heterocycles. The van der Waals surface area contributed by atoms with Gasteiger partial charge in [0.1, 0.15) is 0 Å². The van der Waals surface area contributed by atoms with Gasteiger partial charge in [-0.3, -0.25) is 14.3 Å². The maximum atomic E-state index is 12.8. The van der Waals surface area contributed by atoms with Gasteiger partial charge in [0.05, 0.1) is 24.8 Å². The number of aryl methyl sites for hydroxylation is 1. The van der Waals surface area contributed by atoms with Gasteiger partial charge in [-0.15, -0.1) is 0 Å². The third-order valence-electron chi connectivity index (χ3n) is 4.48. The summed E-state index contributed by atoms with van der Waals surface area (Å²) in [6, 6.07) is 0. The molecular weight excluding hydrogens is 284 g/mol. The number of piperazine rings is 1. The van der Waals surface area contributed by atoms with Crippen molar-refractivity contribution in [2.75, 3.05) is 33.3 Å². The van der Waals surface area contributed by atoms with E-state index in [0.29, 0.717) is 26.1 Å². The highest BCUT2D eigenvalue weighted by Crippen LogP contribution is 2.35. The summed E-state index contributed by atoms with van der Waals surface area (Å²) in [5.74, 6) is -0.201. The van der Waals surface area contributed by atoms with Crippen LogP contribution in [0.25, 0.3) is 0 Å². The van der Waals surface area contributed by atoms with E-state index in [1.807, 2.05) is 17.8 Å². The molecule has 0 unspecified atom stereocenters. The zero-order chi connectivity index (χ0) is 15.7. The quantitative estimate of drug-likeness (QED) is 0.804. The topological polar surface area (TPSA) is 67.7 Å². The third-order valence-corrected chi connectivity index (χ3v) is 4.48. The summed E-state index contributed by atoms with van der Waals surface area (Å²) in [6.07, 6.45) is 4.16. The van der Waals surface area contributed by atoms with Crippen LogP contribution < -0.4 is 0 Å². The van der Waals surface area contributed by atoms with E-state index in [9.17, 15) is 9.59 Å². The monoisotopic (exact) mass is 306 g/mol. The number of rotatable bonds is 3. The Morgan fingerprint density at radius 3 is 2.95 bits per heavy atom. The molecule has 2 amide bonds. The second-order valence-electron chi connectivity index (χ2n) is 5.89. The van der Waals surface area contributed by atoms with Crippen LogP contribution in [0, 0.1) is 5.92 Å². The minimum atomic E-state index is -0.248. The molecule has 0 N–H and O–H groups in total. The Kier molecular flexibility index (Phi) is 4.15. The van der Waals surface area contributed by atoms with Crippen molar-refractivity contribution in [2.45, 2.75) is 26.0 Å². The largest absolute Gasteiger partial charge is 0.373 e. The molecule has 3 rings (SSSR count). The van der Waals surface area contributed by atoms with Crippen LogP contribution in [0.4, 0.5) is 0 Å². The van der Waals surface area contributed by atoms with E-state index in [2.05, 4.69) is 5.10 Å². The summed E-state index contributed by atoms with van der Waals surface area (Å²) in [7, 11) is 1.77. The van der Waals surface area contributed by atoms with Crippen molar-refractivity contribution in [1.29, 1.82) is 0 Å². The molecule has 0 aromatic carbocycles. The van der Waals surface area contributed by atoms with Gasteiger partial charge in [-0.05, 0) is 13.3 Å². The molecule has 22 heavy (non-hydrogen) atoms. The Morgan fingerprint density at radius 1 is 1.45 bits per heavy atom. The molecule has 3 heterocycles. The van der Waals surface area contributed by atoms with Crippen molar-refractivity contribution >= 4 is 11.8 Å². The number of carbonyl (C=O) groups excluding carboxylic acids is 2.